The number of amides is 1. The summed E-state index contributed by atoms with van der Waals surface area (Å²) in [5, 5.41) is 2.83. The zero-order valence-electron chi connectivity index (χ0n) is 11.8. The van der Waals surface area contributed by atoms with E-state index in [0.29, 0.717) is 22.8 Å². The Morgan fingerprint density at radius 2 is 2.24 bits per heavy atom. The van der Waals surface area contributed by atoms with Gasteiger partial charge in [0.15, 0.2) is 0 Å². The number of pyridine rings is 1. The van der Waals surface area contributed by atoms with Crippen LogP contribution in [0.2, 0.25) is 0 Å². The lowest BCUT2D eigenvalue weighted by Gasteiger charge is -2.08. The second-order valence-electron chi connectivity index (χ2n) is 4.88. The molecule has 0 unspecified atom stereocenters. The van der Waals surface area contributed by atoms with Crippen molar-refractivity contribution in [3.63, 3.8) is 0 Å². The lowest BCUT2D eigenvalue weighted by Crippen LogP contribution is -2.31. The first-order valence-corrected chi connectivity index (χ1v) is 8.45. The van der Waals surface area contributed by atoms with Crippen LogP contribution in [0.1, 0.15) is 19.5 Å². The zero-order chi connectivity index (χ0) is 15.4. The van der Waals surface area contributed by atoms with E-state index in [1.54, 1.807) is 12.3 Å². The van der Waals surface area contributed by atoms with Crippen molar-refractivity contribution >= 4 is 39.2 Å². The van der Waals surface area contributed by atoms with Crippen molar-refractivity contribution in [3.05, 3.63) is 44.9 Å². The molecule has 112 valence electrons. The third kappa shape index (κ3) is 4.57. The van der Waals surface area contributed by atoms with Crippen LogP contribution in [0, 0.1) is 0 Å². The van der Waals surface area contributed by atoms with Gasteiger partial charge in [-0.3, -0.25) is 14.0 Å². The van der Waals surface area contributed by atoms with E-state index in [1.165, 1.54) is 22.2 Å². The molecule has 1 N–H and O–H groups in total. The topological polar surface area (TPSA) is 63.5 Å². The highest BCUT2D eigenvalue weighted by Crippen LogP contribution is 2.12. The van der Waals surface area contributed by atoms with Crippen LogP contribution in [0.25, 0.3) is 5.65 Å². The zero-order valence-corrected chi connectivity index (χ0v) is 14.2. The molecule has 0 radical (unpaired) electrons. The van der Waals surface area contributed by atoms with E-state index in [4.69, 9.17) is 0 Å². The van der Waals surface area contributed by atoms with Crippen molar-refractivity contribution in [2.24, 2.45) is 0 Å². The molecule has 0 aliphatic heterocycles. The minimum atomic E-state index is -0.122. The highest BCUT2D eigenvalue weighted by atomic mass is 79.9. The van der Waals surface area contributed by atoms with Gasteiger partial charge in [0.2, 0.25) is 5.91 Å². The minimum Gasteiger partial charge on any atom is -0.353 e. The second kappa shape index (κ2) is 7.09. The highest BCUT2D eigenvalue weighted by molar-refractivity contribution is 9.10. The predicted octanol–water partition coefficient (Wildman–Crippen LogP) is 2.21. The van der Waals surface area contributed by atoms with E-state index in [1.807, 2.05) is 19.9 Å². The second-order valence-corrected chi connectivity index (χ2v) is 6.78. The summed E-state index contributed by atoms with van der Waals surface area (Å²) >= 11 is 4.77. The van der Waals surface area contributed by atoms with Crippen LogP contribution in [-0.2, 0) is 10.5 Å². The maximum Gasteiger partial charge on any atom is 0.258 e. The summed E-state index contributed by atoms with van der Waals surface area (Å²) in [7, 11) is 0. The Morgan fingerprint density at radius 3 is 2.95 bits per heavy atom. The fourth-order valence-corrected chi connectivity index (χ4v) is 2.88. The van der Waals surface area contributed by atoms with Gasteiger partial charge in [0, 0.05) is 28.5 Å². The molecule has 2 heterocycles. The molecule has 2 aromatic heterocycles. The van der Waals surface area contributed by atoms with Gasteiger partial charge in [-0.05, 0) is 41.9 Å². The number of nitrogens with zero attached hydrogens (tertiary/aromatic N) is 2. The third-order valence-electron chi connectivity index (χ3n) is 2.61. The average molecular weight is 370 g/mol. The molecular weight excluding hydrogens is 354 g/mol. The summed E-state index contributed by atoms with van der Waals surface area (Å²) in [6.07, 6.45) is 1.69. The Hall–Kier alpha value is -1.34. The third-order valence-corrected chi connectivity index (χ3v) is 4.04. The molecule has 0 saturated heterocycles. The molecule has 21 heavy (non-hydrogen) atoms. The molecule has 1 amide bonds. The number of carbonyl (C=O) groups excluding carboxylic acids is 1. The lowest BCUT2D eigenvalue weighted by atomic mass is 10.4. The maximum absolute atomic E-state index is 12.0. The molecule has 0 atom stereocenters. The first kappa shape index (κ1) is 16.0. The standard InChI is InChI=1S/C14H16BrN3O2S/c1-9(2)16-13(19)8-21-7-11-5-14(20)18-6-10(15)3-4-12(18)17-11/h3-6,9H,7-8H2,1-2H3,(H,16,19). The van der Waals surface area contributed by atoms with Gasteiger partial charge >= 0.3 is 0 Å². The van der Waals surface area contributed by atoms with Crippen LogP contribution < -0.4 is 10.9 Å². The van der Waals surface area contributed by atoms with Gasteiger partial charge in [0.05, 0.1) is 11.4 Å². The van der Waals surface area contributed by atoms with Gasteiger partial charge in [0.25, 0.3) is 5.56 Å². The van der Waals surface area contributed by atoms with Gasteiger partial charge < -0.3 is 5.32 Å². The first-order valence-electron chi connectivity index (χ1n) is 6.50. The summed E-state index contributed by atoms with van der Waals surface area (Å²) in [5.74, 6) is 0.892. The molecule has 0 bridgehead atoms. The van der Waals surface area contributed by atoms with Crippen LogP contribution in [-0.4, -0.2) is 27.1 Å². The molecule has 0 aliphatic carbocycles. The Bertz CT molecular complexity index is 715. The molecule has 0 saturated carbocycles. The normalized spacial score (nSPS) is 11.0. The smallest absolute Gasteiger partial charge is 0.258 e. The molecular formula is C14H16BrN3O2S. The maximum atomic E-state index is 12.0. The van der Waals surface area contributed by atoms with Crippen LogP contribution in [0.4, 0.5) is 0 Å². The number of rotatable bonds is 5. The summed E-state index contributed by atoms with van der Waals surface area (Å²) in [5.41, 5.74) is 1.17. The number of aromatic nitrogens is 2. The number of hydrogen-bond acceptors (Lipinski definition) is 4. The van der Waals surface area contributed by atoms with E-state index in [9.17, 15) is 9.59 Å². The highest BCUT2D eigenvalue weighted by Gasteiger charge is 2.06. The van der Waals surface area contributed by atoms with Gasteiger partial charge in [-0.25, -0.2) is 4.98 Å². The van der Waals surface area contributed by atoms with Crippen molar-refractivity contribution in [1.82, 2.24) is 14.7 Å². The van der Waals surface area contributed by atoms with Crippen LogP contribution in [0.3, 0.4) is 0 Å². The van der Waals surface area contributed by atoms with Crippen molar-refractivity contribution in [3.8, 4) is 0 Å². The minimum absolute atomic E-state index is 0.00329. The number of thioether (sulfide) groups is 1. The van der Waals surface area contributed by atoms with E-state index < -0.39 is 0 Å². The van der Waals surface area contributed by atoms with Gasteiger partial charge in [-0.2, -0.15) is 0 Å². The SMILES string of the molecule is CC(C)NC(=O)CSCc1cc(=O)n2cc(Br)ccc2n1. The van der Waals surface area contributed by atoms with Crippen LogP contribution >= 0.6 is 27.7 Å². The molecule has 0 aromatic carbocycles. The number of halogens is 1. The van der Waals surface area contributed by atoms with Crippen molar-refractivity contribution in [2.75, 3.05) is 5.75 Å². The fraction of sp³-hybridized carbons (Fsp3) is 0.357. The summed E-state index contributed by atoms with van der Waals surface area (Å²) < 4.78 is 2.32. The Morgan fingerprint density at radius 1 is 1.48 bits per heavy atom. The largest absolute Gasteiger partial charge is 0.353 e. The number of hydrogen-bond donors (Lipinski definition) is 1. The number of carbonyl (C=O) groups is 1. The molecule has 0 aliphatic rings. The monoisotopic (exact) mass is 369 g/mol. The van der Waals surface area contributed by atoms with Crippen molar-refractivity contribution in [1.29, 1.82) is 0 Å². The van der Waals surface area contributed by atoms with Gasteiger partial charge in [-0.15, -0.1) is 11.8 Å². The van der Waals surface area contributed by atoms with E-state index in [-0.39, 0.29) is 17.5 Å². The average Bonchev–Trinajstić information content (AvgIpc) is 2.39. The first-order chi connectivity index (χ1) is 9.95. The van der Waals surface area contributed by atoms with Crippen LogP contribution in [0.5, 0.6) is 0 Å². The van der Waals surface area contributed by atoms with Crippen molar-refractivity contribution < 1.29 is 4.79 Å². The van der Waals surface area contributed by atoms with E-state index in [0.717, 1.165) is 4.47 Å². The Balaban J connectivity index is 2.05. The summed E-state index contributed by atoms with van der Waals surface area (Å²) in [4.78, 5) is 28.0. The Kier molecular flexibility index (Phi) is 5.41. The van der Waals surface area contributed by atoms with Crippen LogP contribution in [0.15, 0.2) is 33.7 Å². The number of nitrogens with one attached hydrogen (secondary N) is 1. The lowest BCUT2D eigenvalue weighted by molar-refractivity contribution is -0.119. The molecule has 7 heteroatoms. The van der Waals surface area contributed by atoms with E-state index >= 15 is 0 Å². The molecule has 0 fully saturated rings. The van der Waals surface area contributed by atoms with Gasteiger partial charge in [-0.1, -0.05) is 0 Å². The molecule has 0 spiro atoms. The van der Waals surface area contributed by atoms with Gasteiger partial charge in [0.1, 0.15) is 5.65 Å². The Labute approximate surface area is 135 Å². The van der Waals surface area contributed by atoms with Crippen molar-refractivity contribution in [2.45, 2.75) is 25.6 Å². The molecule has 5 nitrogen and oxygen atoms in total. The fourth-order valence-electron chi connectivity index (χ4n) is 1.81. The quantitative estimate of drug-likeness (QED) is 0.877. The summed E-state index contributed by atoms with van der Waals surface area (Å²) in [6, 6.07) is 5.27. The molecule has 2 aromatic rings. The number of fused-ring (bicyclic) bond motifs is 1. The predicted molar refractivity (Wildman–Crippen MR) is 88.6 cm³/mol. The van der Waals surface area contributed by atoms with E-state index in [2.05, 4.69) is 26.2 Å². The molecule has 2 rings (SSSR count). The summed E-state index contributed by atoms with van der Waals surface area (Å²) in [6.45, 7) is 3.85.